The Labute approximate surface area is 101 Å². The molecule has 4 rings (SSSR count). The van der Waals surface area contributed by atoms with E-state index in [4.69, 9.17) is 0 Å². The molecule has 0 N–H and O–H groups in total. The number of rotatable bonds is 0. The predicted octanol–water partition coefficient (Wildman–Crippen LogP) is 4.15. The quantitative estimate of drug-likeness (QED) is 0.624. The van der Waals surface area contributed by atoms with E-state index in [-0.39, 0.29) is 0 Å². The first-order valence-electron chi connectivity index (χ1n) is 6.64. The normalized spacial score (nSPS) is 51.2. The molecule has 4 fully saturated rings. The van der Waals surface area contributed by atoms with Gasteiger partial charge in [-0.2, -0.15) is 0 Å². The van der Waals surface area contributed by atoms with Gasteiger partial charge in [-0.3, -0.25) is 0 Å². The molecular weight excluding hydrogens is 220 g/mol. The largest absolute Gasteiger partial charge is 0.143 e. The molecule has 0 bridgehead atoms. The van der Waals surface area contributed by atoms with Gasteiger partial charge in [0.05, 0.1) is 4.08 Å². The van der Waals surface area contributed by atoms with E-state index in [0.29, 0.717) is 4.08 Å². The lowest BCUT2D eigenvalue weighted by Crippen LogP contribution is -2.56. The highest BCUT2D eigenvalue weighted by Gasteiger charge is 2.65. The van der Waals surface area contributed by atoms with Crippen LogP contribution in [0.4, 0.5) is 0 Å². The van der Waals surface area contributed by atoms with Gasteiger partial charge in [0.25, 0.3) is 0 Å². The first-order chi connectivity index (χ1) is 7.36. The fourth-order valence-corrected chi connectivity index (χ4v) is 8.95. The van der Waals surface area contributed by atoms with Crippen molar-refractivity contribution < 1.29 is 0 Å². The predicted molar refractivity (Wildman–Crippen MR) is 69.4 cm³/mol. The van der Waals surface area contributed by atoms with Crippen LogP contribution in [0.15, 0.2) is 0 Å². The lowest BCUT2D eigenvalue weighted by atomic mass is 9.48. The van der Waals surface area contributed by atoms with Gasteiger partial charge in [-0.25, -0.2) is 0 Å². The molecule has 0 nitrogen and oxygen atoms in total. The molecule has 0 aromatic carbocycles. The van der Waals surface area contributed by atoms with Crippen LogP contribution in [0.3, 0.4) is 0 Å². The molecular formula is C13H20S2. The molecule has 1 aliphatic heterocycles. The summed E-state index contributed by atoms with van der Waals surface area (Å²) in [5.41, 5.74) is 0.864. The zero-order valence-electron chi connectivity index (χ0n) is 9.34. The molecule has 0 amide bonds. The summed E-state index contributed by atoms with van der Waals surface area (Å²) in [6, 6.07) is 0. The third-order valence-corrected chi connectivity index (χ3v) is 9.43. The molecule has 1 heterocycles. The maximum Gasteiger partial charge on any atom is 0.0645 e. The number of fused-ring (bicyclic) bond motifs is 1. The fourth-order valence-electron chi connectivity index (χ4n) is 5.11. The second-order valence-electron chi connectivity index (χ2n) is 5.97. The molecule has 0 aromatic heterocycles. The van der Waals surface area contributed by atoms with Crippen LogP contribution >= 0.6 is 23.5 Å². The summed E-state index contributed by atoms with van der Waals surface area (Å²) >= 11 is 4.67. The van der Waals surface area contributed by atoms with E-state index in [9.17, 15) is 0 Å². The van der Waals surface area contributed by atoms with Crippen LogP contribution in [-0.4, -0.2) is 15.6 Å². The van der Waals surface area contributed by atoms with Gasteiger partial charge in [0.15, 0.2) is 0 Å². The Hall–Kier alpha value is 0.700. The summed E-state index contributed by atoms with van der Waals surface area (Å²) in [7, 11) is 0. The molecule has 0 aromatic rings. The number of thioether (sulfide) groups is 2. The third kappa shape index (κ3) is 1.09. The van der Waals surface area contributed by atoms with Gasteiger partial charge < -0.3 is 0 Å². The second kappa shape index (κ2) is 3.13. The minimum Gasteiger partial charge on any atom is -0.143 e. The number of hydrogen-bond donors (Lipinski definition) is 0. The Bertz CT molecular complexity index is 271. The van der Waals surface area contributed by atoms with Crippen molar-refractivity contribution >= 4 is 23.5 Å². The van der Waals surface area contributed by atoms with Gasteiger partial charge in [0, 0.05) is 11.5 Å². The summed E-state index contributed by atoms with van der Waals surface area (Å²) in [5.74, 6) is 5.13. The van der Waals surface area contributed by atoms with Crippen LogP contribution in [-0.2, 0) is 0 Å². The van der Waals surface area contributed by atoms with Crippen molar-refractivity contribution in [1.29, 1.82) is 0 Å². The summed E-state index contributed by atoms with van der Waals surface area (Å²) < 4.78 is 0.707. The van der Waals surface area contributed by atoms with Gasteiger partial charge in [-0.05, 0) is 49.4 Å². The van der Waals surface area contributed by atoms with Crippen LogP contribution in [0.2, 0.25) is 0 Å². The topological polar surface area (TPSA) is 0 Å². The molecule has 1 saturated heterocycles. The zero-order valence-corrected chi connectivity index (χ0v) is 11.0. The van der Waals surface area contributed by atoms with Gasteiger partial charge in [-0.1, -0.05) is 12.8 Å². The van der Waals surface area contributed by atoms with Crippen molar-refractivity contribution in [3.8, 4) is 0 Å². The fraction of sp³-hybridized carbons (Fsp3) is 1.00. The monoisotopic (exact) mass is 240 g/mol. The molecule has 0 radical (unpaired) electrons. The summed E-state index contributed by atoms with van der Waals surface area (Å²) in [6.45, 7) is 0. The molecule has 3 atom stereocenters. The Morgan fingerprint density at radius 1 is 0.933 bits per heavy atom. The van der Waals surface area contributed by atoms with E-state index < -0.39 is 0 Å². The van der Waals surface area contributed by atoms with E-state index in [1.807, 2.05) is 0 Å². The molecule has 15 heavy (non-hydrogen) atoms. The van der Waals surface area contributed by atoms with Crippen molar-refractivity contribution in [2.75, 3.05) is 11.5 Å². The summed E-state index contributed by atoms with van der Waals surface area (Å²) in [5, 5.41) is 0. The standard InChI is InChI=1S/C13H20S2/c1-3-10-9-11-12(10,4-1)5-2-6-13(11)14-7-8-15-13/h10-11H,1-9H2. The smallest absolute Gasteiger partial charge is 0.0645 e. The Kier molecular flexibility index (Phi) is 2.02. The van der Waals surface area contributed by atoms with Gasteiger partial charge in [0.2, 0.25) is 0 Å². The number of hydrogen-bond acceptors (Lipinski definition) is 2. The average molecular weight is 240 g/mol. The molecule has 2 heteroatoms. The van der Waals surface area contributed by atoms with Crippen molar-refractivity contribution in [2.45, 2.75) is 49.0 Å². The van der Waals surface area contributed by atoms with Crippen molar-refractivity contribution in [2.24, 2.45) is 17.3 Å². The van der Waals surface area contributed by atoms with Crippen LogP contribution in [0.1, 0.15) is 44.9 Å². The van der Waals surface area contributed by atoms with Crippen molar-refractivity contribution in [3.05, 3.63) is 0 Å². The highest BCUT2D eigenvalue weighted by atomic mass is 32.2. The minimum atomic E-state index is 0.707. The highest BCUT2D eigenvalue weighted by molar-refractivity contribution is 8.21. The summed E-state index contributed by atoms with van der Waals surface area (Å²) in [6.07, 6.45) is 11.0. The van der Waals surface area contributed by atoms with E-state index in [1.165, 1.54) is 24.3 Å². The average Bonchev–Trinajstić information content (AvgIpc) is 2.75. The third-order valence-electron chi connectivity index (χ3n) is 5.70. The molecule has 2 spiro atoms. The maximum atomic E-state index is 2.34. The van der Waals surface area contributed by atoms with E-state index in [0.717, 1.165) is 17.3 Å². The lowest BCUT2D eigenvalue weighted by molar-refractivity contribution is -0.0646. The van der Waals surface area contributed by atoms with Gasteiger partial charge in [0.1, 0.15) is 0 Å². The van der Waals surface area contributed by atoms with Crippen LogP contribution in [0.25, 0.3) is 0 Å². The van der Waals surface area contributed by atoms with E-state index >= 15 is 0 Å². The molecule has 3 saturated carbocycles. The van der Waals surface area contributed by atoms with Crippen molar-refractivity contribution in [3.63, 3.8) is 0 Å². The Morgan fingerprint density at radius 2 is 1.73 bits per heavy atom. The molecule has 84 valence electrons. The molecule has 4 aliphatic rings. The van der Waals surface area contributed by atoms with Crippen LogP contribution < -0.4 is 0 Å². The second-order valence-corrected chi connectivity index (χ2v) is 9.08. The van der Waals surface area contributed by atoms with Crippen LogP contribution in [0, 0.1) is 17.3 Å². The van der Waals surface area contributed by atoms with Gasteiger partial charge in [-0.15, -0.1) is 23.5 Å². The Balaban J connectivity index is 1.69. The highest BCUT2D eigenvalue weighted by Crippen LogP contribution is 2.74. The van der Waals surface area contributed by atoms with Crippen molar-refractivity contribution in [1.82, 2.24) is 0 Å². The first kappa shape index (κ1) is 9.70. The molecule has 3 aliphatic carbocycles. The van der Waals surface area contributed by atoms with Crippen LogP contribution in [0.5, 0.6) is 0 Å². The first-order valence-corrected chi connectivity index (χ1v) is 8.61. The zero-order chi connectivity index (χ0) is 9.93. The minimum absolute atomic E-state index is 0.707. The van der Waals surface area contributed by atoms with Gasteiger partial charge >= 0.3 is 0 Å². The maximum absolute atomic E-state index is 2.34. The Morgan fingerprint density at radius 3 is 2.53 bits per heavy atom. The summed E-state index contributed by atoms with van der Waals surface area (Å²) in [4.78, 5) is 0. The lowest BCUT2D eigenvalue weighted by Gasteiger charge is -2.62. The van der Waals surface area contributed by atoms with E-state index in [1.54, 1.807) is 32.1 Å². The SMILES string of the molecule is C1CC2CC3C4(CCCC23C1)SCCS4. The molecule has 3 unspecified atom stereocenters. The van der Waals surface area contributed by atoms with E-state index in [2.05, 4.69) is 23.5 Å².